The van der Waals surface area contributed by atoms with Crippen molar-refractivity contribution in [3.63, 3.8) is 0 Å². The molecule has 0 radical (unpaired) electrons. The summed E-state index contributed by atoms with van der Waals surface area (Å²) in [5.41, 5.74) is 1.23. The van der Waals surface area contributed by atoms with Gasteiger partial charge >= 0.3 is 0 Å². The van der Waals surface area contributed by atoms with Gasteiger partial charge in [-0.15, -0.1) is 0 Å². The van der Waals surface area contributed by atoms with Crippen LogP contribution in [-0.4, -0.2) is 31.7 Å². The number of hydrogen-bond acceptors (Lipinski definition) is 3. The van der Waals surface area contributed by atoms with E-state index in [1.54, 1.807) is 0 Å². The van der Waals surface area contributed by atoms with Crippen molar-refractivity contribution in [1.29, 1.82) is 0 Å². The smallest absolute Gasteiger partial charge is 0.128 e. The van der Waals surface area contributed by atoms with Crippen LogP contribution in [0.5, 0.6) is 0 Å². The van der Waals surface area contributed by atoms with E-state index in [0.717, 1.165) is 31.4 Å². The second-order valence-electron chi connectivity index (χ2n) is 4.35. The zero-order chi connectivity index (χ0) is 10.7. The minimum atomic E-state index is 0.776. The van der Waals surface area contributed by atoms with Crippen LogP contribution in [0.2, 0.25) is 0 Å². The van der Waals surface area contributed by atoms with Gasteiger partial charge in [-0.1, -0.05) is 6.07 Å². The van der Waals surface area contributed by atoms with Crippen molar-refractivity contribution in [2.75, 3.05) is 31.6 Å². The summed E-state index contributed by atoms with van der Waals surface area (Å²) < 4.78 is 0. The zero-order valence-electron chi connectivity index (χ0n) is 9.53. The lowest BCUT2D eigenvalue weighted by atomic mass is 10.1. The maximum absolute atomic E-state index is 4.46. The lowest BCUT2D eigenvalue weighted by Gasteiger charge is -2.17. The third-order valence-electron chi connectivity index (χ3n) is 3.00. The fourth-order valence-electron chi connectivity index (χ4n) is 2.14. The summed E-state index contributed by atoms with van der Waals surface area (Å²) in [4.78, 5) is 6.84. The summed E-state index contributed by atoms with van der Waals surface area (Å²) in [7, 11) is 2.02. The van der Waals surface area contributed by atoms with Crippen LogP contribution < -0.4 is 10.2 Å². The Labute approximate surface area is 91.5 Å². The molecule has 15 heavy (non-hydrogen) atoms. The van der Waals surface area contributed by atoms with Gasteiger partial charge in [-0.25, -0.2) is 4.98 Å². The molecule has 1 saturated heterocycles. The van der Waals surface area contributed by atoms with Gasteiger partial charge in [0.05, 0.1) is 0 Å². The first-order valence-corrected chi connectivity index (χ1v) is 5.62. The fourth-order valence-corrected chi connectivity index (χ4v) is 2.14. The first-order valence-electron chi connectivity index (χ1n) is 5.62. The van der Waals surface area contributed by atoms with Gasteiger partial charge in [0.1, 0.15) is 5.82 Å². The molecule has 1 unspecified atom stereocenters. The van der Waals surface area contributed by atoms with E-state index in [4.69, 9.17) is 0 Å². The Morgan fingerprint density at radius 2 is 2.40 bits per heavy atom. The molecule has 3 nitrogen and oxygen atoms in total. The Balaban J connectivity index is 1.98. The molecule has 1 atom stereocenters. The number of nitrogens with zero attached hydrogens (tertiary/aromatic N) is 2. The van der Waals surface area contributed by atoms with Crippen LogP contribution in [0.15, 0.2) is 18.3 Å². The zero-order valence-corrected chi connectivity index (χ0v) is 9.53. The van der Waals surface area contributed by atoms with Gasteiger partial charge < -0.3 is 10.2 Å². The van der Waals surface area contributed by atoms with Crippen LogP contribution in [0, 0.1) is 12.8 Å². The van der Waals surface area contributed by atoms with Crippen molar-refractivity contribution in [1.82, 2.24) is 10.3 Å². The van der Waals surface area contributed by atoms with Gasteiger partial charge in [-0.3, -0.25) is 0 Å². The Morgan fingerprint density at radius 3 is 3.07 bits per heavy atom. The number of aromatic nitrogens is 1. The van der Waals surface area contributed by atoms with Crippen molar-refractivity contribution in [2.45, 2.75) is 13.3 Å². The van der Waals surface area contributed by atoms with Crippen LogP contribution in [0.3, 0.4) is 0 Å². The highest BCUT2D eigenvalue weighted by Gasteiger charge is 2.22. The molecule has 2 rings (SSSR count). The second kappa shape index (κ2) is 4.62. The molecule has 1 aliphatic heterocycles. The minimum absolute atomic E-state index is 0.776. The maximum atomic E-state index is 4.46. The van der Waals surface area contributed by atoms with Crippen molar-refractivity contribution >= 4 is 5.82 Å². The Hall–Kier alpha value is -1.09. The maximum Gasteiger partial charge on any atom is 0.128 e. The SMILES string of the molecule is CNCC1CCN(c2ccc(C)cn2)C1. The Bertz CT molecular complexity index is 307. The van der Waals surface area contributed by atoms with Crippen LogP contribution >= 0.6 is 0 Å². The predicted octanol–water partition coefficient (Wildman–Crippen LogP) is 1.44. The fraction of sp³-hybridized carbons (Fsp3) is 0.583. The Kier molecular flexibility index (Phi) is 3.21. The lowest BCUT2D eigenvalue weighted by molar-refractivity contribution is 0.549. The van der Waals surface area contributed by atoms with Gasteiger partial charge in [0.15, 0.2) is 0 Å². The number of pyridine rings is 1. The quantitative estimate of drug-likeness (QED) is 0.809. The third kappa shape index (κ3) is 2.48. The van der Waals surface area contributed by atoms with E-state index in [0.29, 0.717) is 0 Å². The molecule has 0 amide bonds. The van der Waals surface area contributed by atoms with Crippen LogP contribution in [-0.2, 0) is 0 Å². The number of rotatable bonds is 3. The molecular formula is C12H19N3. The summed E-state index contributed by atoms with van der Waals surface area (Å²) in [5, 5.41) is 3.24. The molecule has 1 aromatic heterocycles. The van der Waals surface area contributed by atoms with Crippen LogP contribution in [0.25, 0.3) is 0 Å². The van der Waals surface area contributed by atoms with Crippen LogP contribution in [0.1, 0.15) is 12.0 Å². The second-order valence-corrected chi connectivity index (χ2v) is 4.35. The normalized spacial score (nSPS) is 20.9. The summed E-state index contributed by atoms with van der Waals surface area (Å²) >= 11 is 0. The molecule has 0 spiro atoms. The van der Waals surface area contributed by atoms with E-state index in [-0.39, 0.29) is 0 Å². The molecule has 1 aliphatic rings. The molecular weight excluding hydrogens is 186 g/mol. The summed E-state index contributed by atoms with van der Waals surface area (Å²) in [6.07, 6.45) is 3.22. The standard InChI is InChI=1S/C12H19N3/c1-10-3-4-12(14-7-10)15-6-5-11(9-15)8-13-2/h3-4,7,11,13H,5-6,8-9H2,1-2H3. The van der Waals surface area contributed by atoms with E-state index < -0.39 is 0 Å². The molecule has 0 saturated carbocycles. The molecule has 2 heterocycles. The molecule has 0 bridgehead atoms. The van der Waals surface area contributed by atoms with Crippen LogP contribution in [0.4, 0.5) is 5.82 Å². The number of hydrogen-bond donors (Lipinski definition) is 1. The van der Waals surface area contributed by atoms with Crippen molar-refractivity contribution in [3.8, 4) is 0 Å². The highest BCUT2D eigenvalue weighted by molar-refractivity contribution is 5.40. The third-order valence-corrected chi connectivity index (χ3v) is 3.00. The molecule has 3 heteroatoms. The lowest BCUT2D eigenvalue weighted by Crippen LogP contribution is -2.24. The van der Waals surface area contributed by atoms with E-state index in [9.17, 15) is 0 Å². The molecule has 1 aromatic rings. The highest BCUT2D eigenvalue weighted by atomic mass is 15.2. The first kappa shape index (κ1) is 10.4. The molecule has 82 valence electrons. The van der Waals surface area contributed by atoms with Gasteiger partial charge in [-0.2, -0.15) is 0 Å². The van der Waals surface area contributed by atoms with Gasteiger partial charge in [-0.05, 0) is 44.5 Å². The van der Waals surface area contributed by atoms with E-state index in [2.05, 4.69) is 34.3 Å². The van der Waals surface area contributed by atoms with Crippen molar-refractivity contribution < 1.29 is 0 Å². The molecule has 0 aliphatic carbocycles. The van der Waals surface area contributed by atoms with E-state index in [1.165, 1.54) is 12.0 Å². The highest BCUT2D eigenvalue weighted by Crippen LogP contribution is 2.21. The monoisotopic (exact) mass is 205 g/mol. The average Bonchev–Trinajstić information content (AvgIpc) is 2.68. The van der Waals surface area contributed by atoms with Gasteiger partial charge in [0.2, 0.25) is 0 Å². The first-order chi connectivity index (χ1) is 7.29. The average molecular weight is 205 g/mol. The molecule has 0 aromatic carbocycles. The number of anilines is 1. The van der Waals surface area contributed by atoms with Crippen molar-refractivity contribution in [3.05, 3.63) is 23.9 Å². The predicted molar refractivity (Wildman–Crippen MR) is 63.2 cm³/mol. The summed E-state index contributed by atoms with van der Waals surface area (Å²) in [5.74, 6) is 1.90. The summed E-state index contributed by atoms with van der Waals surface area (Å²) in [6.45, 7) is 5.46. The Morgan fingerprint density at radius 1 is 1.53 bits per heavy atom. The number of aryl methyl sites for hydroxylation is 1. The number of nitrogens with one attached hydrogen (secondary N) is 1. The largest absolute Gasteiger partial charge is 0.356 e. The summed E-state index contributed by atoms with van der Waals surface area (Å²) in [6, 6.07) is 4.25. The van der Waals surface area contributed by atoms with Crippen molar-refractivity contribution in [2.24, 2.45) is 5.92 Å². The van der Waals surface area contributed by atoms with E-state index in [1.807, 2.05) is 13.2 Å². The molecule has 1 fully saturated rings. The minimum Gasteiger partial charge on any atom is -0.356 e. The van der Waals surface area contributed by atoms with E-state index >= 15 is 0 Å². The van der Waals surface area contributed by atoms with Gasteiger partial charge in [0.25, 0.3) is 0 Å². The van der Waals surface area contributed by atoms with Gasteiger partial charge in [0, 0.05) is 19.3 Å². The molecule has 1 N–H and O–H groups in total. The topological polar surface area (TPSA) is 28.2 Å².